The van der Waals surface area contributed by atoms with E-state index in [1.807, 2.05) is 59.2 Å². The van der Waals surface area contributed by atoms with Crippen molar-refractivity contribution < 1.29 is 26.3 Å². The lowest BCUT2D eigenvalue weighted by molar-refractivity contribution is 0.446. The highest BCUT2D eigenvalue weighted by molar-refractivity contribution is 5.84. The predicted octanol–water partition coefficient (Wildman–Crippen LogP) is 9.00. The summed E-state index contributed by atoms with van der Waals surface area (Å²) in [5.74, 6) is -8.84. The van der Waals surface area contributed by atoms with Crippen LogP contribution in [0.3, 0.4) is 0 Å². The van der Waals surface area contributed by atoms with Crippen LogP contribution in [0.4, 0.5) is 43.4 Å². The Balaban J connectivity index is 1.60. The number of fused-ring (bicyclic) bond motifs is 1. The first-order valence-electron chi connectivity index (χ1n) is 12.0. The summed E-state index contributed by atoms with van der Waals surface area (Å²) >= 11 is 0. The fraction of sp³-hybridized carbons (Fsp3) is 0. The van der Waals surface area contributed by atoms with Crippen molar-refractivity contribution in [1.29, 1.82) is 0 Å². The van der Waals surface area contributed by atoms with Gasteiger partial charge in [-0.2, -0.15) is 0 Å². The van der Waals surface area contributed by atoms with E-state index in [1.165, 1.54) is 6.07 Å². The molecule has 0 radical (unpaired) electrons. The summed E-state index contributed by atoms with van der Waals surface area (Å²) < 4.78 is 86.7. The summed E-state index contributed by atoms with van der Waals surface area (Å²) in [6.45, 7) is 0. The van der Waals surface area contributed by atoms with Crippen LogP contribution in [0, 0.1) is 34.9 Å². The standard InChI is InChI=1S/C31H17F6N3/c32-23-14-21(15-24(33)29(23)36)39(22-16-25(34)30(37)26(35)17-22)19-9-6-10-20(13-19)40-28-12-5-4-11-27(28)38-31(40)18-7-2-1-3-8-18/h1-17H. The third-order valence-corrected chi connectivity index (χ3v) is 6.39. The molecule has 0 atom stereocenters. The minimum atomic E-state index is -1.70. The minimum absolute atomic E-state index is 0.199. The third-order valence-electron chi connectivity index (χ3n) is 6.39. The Labute approximate surface area is 224 Å². The Morgan fingerprint density at radius 1 is 0.525 bits per heavy atom. The first kappa shape index (κ1) is 25.2. The summed E-state index contributed by atoms with van der Waals surface area (Å²) in [5.41, 5.74) is 2.46. The molecule has 0 fully saturated rings. The number of imidazole rings is 1. The van der Waals surface area contributed by atoms with Gasteiger partial charge >= 0.3 is 0 Å². The molecule has 0 N–H and O–H groups in total. The molecule has 0 saturated heterocycles. The second-order valence-corrected chi connectivity index (χ2v) is 8.93. The largest absolute Gasteiger partial charge is 0.310 e. The molecule has 6 aromatic rings. The average Bonchev–Trinajstić information content (AvgIpc) is 3.35. The number of hydrogen-bond donors (Lipinski definition) is 0. The number of rotatable bonds is 5. The highest BCUT2D eigenvalue weighted by Crippen LogP contribution is 2.39. The van der Waals surface area contributed by atoms with E-state index < -0.39 is 34.9 Å². The highest BCUT2D eigenvalue weighted by Gasteiger charge is 2.22. The first-order chi connectivity index (χ1) is 19.3. The van der Waals surface area contributed by atoms with Gasteiger partial charge in [0.1, 0.15) is 5.82 Å². The summed E-state index contributed by atoms with van der Waals surface area (Å²) in [7, 11) is 0. The number of hydrogen-bond acceptors (Lipinski definition) is 2. The molecular weight excluding hydrogens is 528 g/mol. The fourth-order valence-electron chi connectivity index (χ4n) is 4.63. The molecule has 0 aliphatic heterocycles. The molecule has 6 rings (SSSR count). The zero-order chi connectivity index (χ0) is 28.0. The van der Waals surface area contributed by atoms with Crippen molar-refractivity contribution in [2.75, 3.05) is 4.90 Å². The third kappa shape index (κ3) is 4.35. The van der Waals surface area contributed by atoms with E-state index in [9.17, 15) is 26.3 Å². The number of halogens is 6. The van der Waals surface area contributed by atoms with E-state index >= 15 is 0 Å². The summed E-state index contributed by atoms with van der Waals surface area (Å²) in [4.78, 5) is 5.88. The molecule has 9 heteroatoms. The van der Waals surface area contributed by atoms with Gasteiger partial charge < -0.3 is 4.90 Å². The van der Waals surface area contributed by atoms with Crippen molar-refractivity contribution in [2.45, 2.75) is 0 Å². The van der Waals surface area contributed by atoms with E-state index in [-0.39, 0.29) is 17.1 Å². The fourth-order valence-corrected chi connectivity index (χ4v) is 4.63. The molecule has 0 aliphatic carbocycles. The van der Waals surface area contributed by atoms with Gasteiger partial charge in [0.05, 0.1) is 22.4 Å². The Kier molecular flexibility index (Phi) is 6.26. The first-order valence-corrected chi connectivity index (χ1v) is 12.0. The van der Waals surface area contributed by atoms with Gasteiger partial charge in [0.15, 0.2) is 34.9 Å². The topological polar surface area (TPSA) is 21.1 Å². The molecular formula is C31H17F6N3. The molecule has 1 heterocycles. The molecule has 0 aliphatic rings. The maximum atomic E-state index is 14.3. The molecule has 3 nitrogen and oxygen atoms in total. The maximum Gasteiger partial charge on any atom is 0.194 e. The Morgan fingerprint density at radius 2 is 1.07 bits per heavy atom. The van der Waals surface area contributed by atoms with Crippen LogP contribution in [0.15, 0.2) is 103 Å². The number of benzene rings is 5. The lowest BCUT2D eigenvalue weighted by atomic mass is 10.1. The SMILES string of the molecule is Fc1cc(N(c2cccc(-n3c(-c4ccccc4)nc4ccccc43)c2)c2cc(F)c(F)c(F)c2)cc(F)c1F. The van der Waals surface area contributed by atoms with Crippen molar-refractivity contribution in [3.63, 3.8) is 0 Å². The van der Waals surface area contributed by atoms with Crippen LogP contribution in [0.1, 0.15) is 0 Å². The number of anilines is 3. The van der Waals surface area contributed by atoms with Crippen molar-refractivity contribution in [1.82, 2.24) is 9.55 Å². The summed E-state index contributed by atoms with van der Waals surface area (Å²) in [5, 5.41) is 0. The zero-order valence-electron chi connectivity index (χ0n) is 20.4. The summed E-state index contributed by atoms with van der Waals surface area (Å²) in [6.07, 6.45) is 0. The quantitative estimate of drug-likeness (QED) is 0.159. The van der Waals surface area contributed by atoms with Gasteiger partial charge in [-0.1, -0.05) is 48.5 Å². The summed E-state index contributed by atoms with van der Waals surface area (Å²) in [6, 6.07) is 26.1. The van der Waals surface area contributed by atoms with E-state index in [1.54, 1.807) is 18.2 Å². The molecule has 0 saturated carbocycles. The Morgan fingerprint density at radius 3 is 1.68 bits per heavy atom. The predicted molar refractivity (Wildman–Crippen MR) is 141 cm³/mol. The van der Waals surface area contributed by atoms with Crippen LogP contribution in [0.2, 0.25) is 0 Å². The van der Waals surface area contributed by atoms with E-state index in [0.717, 1.165) is 16.0 Å². The van der Waals surface area contributed by atoms with Gasteiger partial charge in [-0.15, -0.1) is 0 Å². The number of aromatic nitrogens is 2. The van der Waals surface area contributed by atoms with Gasteiger partial charge in [0.25, 0.3) is 0 Å². The average molecular weight is 545 g/mol. The Hall–Kier alpha value is -5.05. The second kappa shape index (κ2) is 9.92. The van der Waals surface area contributed by atoms with Gasteiger partial charge in [-0.05, 0) is 30.3 Å². The molecule has 40 heavy (non-hydrogen) atoms. The Bertz CT molecular complexity index is 1780. The number of nitrogens with zero attached hydrogens (tertiary/aromatic N) is 3. The highest BCUT2D eigenvalue weighted by atomic mass is 19.2. The molecule has 0 spiro atoms. The van der Waals surface area contributed by atoms with Crippen LogP contribution in [0.25, 0.3) is 28.1 Å². The van der Waals surface area contributed by atoms with Crippen LogP contribution < -0.4 is 4.90 Å². The maximum absolute atomic E-state index is 14.3. The van der Waals surface area contributed by atoms with Crippen LogP contribution >= 0.6 is 0 Å². The molecule has 0 unspecified atom stereocenters. The lowest BCUT2D eigenvalue weighted by Gasteiger charge is -2.26. The molecule has 0 amide bonds. The second-order valence-electron chi connectivity index (χ2n) is 8.93. The van der Waals surface area contributed by atoms with Crippen molar-refractivity contribution in [3.05, 3.63) is 138 Å². The lowest BCUT2D eigenvalue weighted by Crippen LogP contribution is -2.13. The smallest absolute Gasteiger partial charge is 0.194 e. The molecule has 1 aromatic heterocycles. The van der Waals surface area contributed by atoms with Crippen molar-refractivity contribution in [2.24, 2.45) is 0 Å². The van der Waals surface area contributed by atoms with E-state index in [2.05, 4.69) is 0 Å². The minimum Gasteiger partial charge on any atom is -0.310 e. The van der Waals surface area contributed by atoms with Gasteiger partial charge in [-0.25, -0.2) is 31.3 Å². The van der Waals surface area contributed by atoms with Crippen LogP contribution in [-0.4, -0.2) is 9.55 Å². The molecule has 5 aromatic carbocycles. The van der Waals surface area contributed by atoms with Crippen molar-refractivity contribution in [3.8, 4) is 17.1 Å². The normalized spacial score (nSPS) is 11.2. The van der Waals surface area contributed by atoms with E-state index in [4.69, 9.17) is 4.98 Å². The van der Waals surface area contributed by atoms with Gasteiger partial charge in [0, 0.05) is 41.2 Å². The molecule has 0 bridgehead atoms. The zero-order valence-corrected chi connectivity index (χ0v) is 20.4. The monoisotopic (exact) mass is 545 g/mol. The number of para-hydroxylation sites is 2. The van der Waals surface area contributed by atoms with E-state index in [0.29, 0.717) is 41.3 Å². The van der Waals surface area contributed by atoms with Crippen LogP contribution in [0.5, 0.6) is 0 Å². The van der Waals surface area contributed by atoms with Crippen molar-refractivity contribution >= 4 is 28.1 Å². The van der Waals surface area contributed by atoms with Crippen LogP contribution in [-0.2, 0) is 0 Å². The van der Waals surface area contributed by atoms with Gasteiger partial charge in [0.2, 0.25) is 0 Å². The van der Waals surface area contributed by atoms with Gasteiger partial charge in [-0.3, -0.25) is 4.57 Å². The molecule has 198 valence electrons.